The second-order valence-corrected chi connectivity index (χ2v) is 4.70. The highest BCUT2D eigenvalue weighted by molar-refractivity contribution is 5.75. The van der Waals surface area contributed by atoms with Gasteiger partial charge in [-0.25, -0.2) is 10.9 Å². The minimum atomic E-state index is -0.889. The van der Waals surface area contributed by atoms with E-state index in [-0.39, 0.29) is 6.04 Å². The van der Waals surface area contributed by atoms with Crippen molar-refractivity contribution in [3.63, 3.8) is 0 Å². The Hall–Kier alpha value is -2.21. The maximum Gasteiger partial charge on any atom is 0.324 e. The number of nitrogens with one attached hydrogen (secondary N) is 3. The number of hydrogen-bond acceptors (Lipinski definition) is 4. The molecule has 5 nitrogen and oxygen atoms in total. The molecule has 0 spiro atoms. The van der Waals surface area contributed by atoms with Crippen LogP contribution >= 0.6 is 0 Å². The molecular weight excluding hydrogens is 254 g/mol. The minimum absolute atomic E-state index is 0.294. The summed E-state index contributed by atoms with van der Waals surface area (Å²) < 4.78 is 0. The van der Waals surface area contributed by atoms with Gasteiger partial charge in [0.25, 0.3) is 0 Å². The molecule has 1 aliphatic heterocycles. The van der Waals surface area contributed by atoms with E-state index >= 15 is 0 Å². The molecular formula is C15H15N3O2. The van der Waals surface area contributed by atoms with Gasteiger partial charge >= 0.3 is 5.97 Å². The summed E-state index contributed by atoms with van der Waals surface area (Å²) in [5.74, 6) is -0.889. The van der Waals surface area contributed by atoms with Crippen LogP contribution in [0.3, 0.4) is 0 Å². The van der Waals surface area contributed by atoms with Crippen molar-refractivity contribution >= 4 is 5.97 Å². The average Bonchev–Trinajstić information content (AvgIpc) is 2.98. The zero-order chi connectivity index (χ0) is 13.9. The number of benzene rings is 2. The molecule has 5 heteroatoms. The third-order valence-electron chi connectivity index (χ3n) is 3.43. The highest BCUT2D eigenvalue weighted by atomic mass is 16.4. The molecule has 0 bridgehead atoms. The molecule has 0 aromatic heterocycles. The topological polar surface area (TPSA) is 73.4 Å². The first-order valence-corrected chi connectivity index (χ1v) is 6.40. The first kappa shape index (κ1) is 12.8. The zero-order valence-corrected chi connectivity index (χ0v) is 10.7. The lowest BCUT2D eigenvalue weighted by atomic mass is 9.97. The van der Waals surface area contributed by atoms with E-state index < -0.39 is 12.0 Å². The molecule has 0 saturated carbocycles. The van der Waals surface area contributed by atoms with E-state index in [1.165, 1.54) is 0 Å². The molecule has 1 aliphatic rings. The van der Waals surface area contributed by atoms with Crippen LogP contribution in [0.4, 0.5) is 0 Å². The maximum absolute atomic E-state index is 11.1. The lowest BCUT2D eigenvalue weighted by Gasteiger charge is -2.14. The molecule has 102 valence electrons. The van der Waals surface area contributed by atoms with E-state index in [0.29, 0.717) is 0 Å². The smallest absolute Gasteiger partial charge is 0.324 e. The second-order valence-electron chi connectivity index (χ2n) is 4.70. The molecule has 20 heavy (non-hydrogen) atoms. The number of aliphatic carboxylic acids is 1. The molecule has 2 atom stereocenters. The molecule has 2 aromatic rings. The van der Waals surface area contributed by atoms with Crippen molar-refractivity contribution in [1.82, 2.24) is 16.4 Å². The van der Waals surface area contributed by atoms with E-state index in [1.54, 1.807) is 0 Å². The highest BCUT2D eigenvalue weighted by Crippen LogP contribution is 2.24. The lowest BCUT2D eigenvalue weighted by Crippen LogP contribution is -2.38. The largest absolute Gasteiger partial charge is 0.480 e. The Morgan fingerprint density at radius 2 is 1.55 bits per heavy atom. The van der Waals surface area contributed by atoms with Crippen molar-refractivity contribution < 1.29 is 9.90 Å². The SMILES string of the molecule is O=C(O)C1NNNC1c1ccc(-c2ccccc2)cc1. The van der Waals surface area contributed by atoms with Crippen molar-refractivity contribution in [2.45, 2.75) is 12.1 Å². The fourth-order valence-electron chi connectivity index (χ4n) is 2.36. The maximum atomic E-state index is 11.1. The Bertz CT molecular complexity index is 598. The average molecular weight is 269 g/mol. The van der Waals surface area contributed by atoms with Gasteiger partial charge < -0.3 is 5.11 Å². The summed E-state index contributed by atoms with van der Waals surface area (Å²) in [5.41, 5.74) is 11.5. The molecule has 1 heterocycles. The van der Waals surface area contributed by atoms with Gasteiger partial charge in [0.05, 0.1) is 6.04 Å². The summed E-state index contributed by atoms with van der Waals surface area (Å²) in [6.07, 6.45) is 0. The van der Waals surface area contributed by atoms with Crippen LogP contribution in [-0.4, -0.2) is 17.1 Å². The van der Waals surface area contributed by atoms with Crippen molar-refractivity contribution in [3.8, 4) is 11.1 Å². The standard InChI is InChI=1S/C15H15N3O2/c19-15(20)14-13(16-18-17-14)12-8-6-11(7-9-12)10-4-2-1-3-5-10/h1-9,13-14,16-18H,(H,19,20). The number of carbonyl (C=O) groups is 1. The molecule has 0 amide bonds. The predicted octanol–water partition coefficient (Wildman–Crippen LogP) is 1.46. The van der Waals surface area contributed by atoms with Crippen LogP contribution < -0.4 is 16.4 Å². The zero-order valence-electron chi connectivity index (χ0n) is 10.7. The van der Waals surface area contributed by atoms with Gasteiger partial charge in [0, 0.05) is 0 Å². The van der Waals surface area contributed by atoms with Crippen LogP contribution in [0.1, 0.15) is 11.6 Å². The van der Waals surface area contributed by atoms with Gasteiger partial charge in [-0.15, -0.1) is 0 Å². The van der Waals surface area contributed by atoms with E-state index in [9.17, 15) is 4.79 Å². The van der Waals surface area contributed by atoms with E-state index in [2.05, 4.69) is 16.4 Å². The van der Waals surface area contributed by atoms with Gasteiger partial charge in [-0.05, 0) is 16.7 Å². The van der Waals surface area contributed by atoms with Crippen molar-refractivity contribution in [1.29, 1.82) is 0 Å². The summed E-state index contributed by atoms with van der Waals surface area (Å²) in [6, 6.07) is 17.0. The summed E-state index contributed by atoms with van der Waals surface area (Å²) in [4.78, 5) is 11.1. The fraction of sp³-hybridized carbons (Fsp3) is 0.133. The van der Waals surface area contributed by atoms with Gasteiger partial charge in [-0.3, -0.25) is 4.79 Å². The molecule has 0 aliphatic carbocycles. The van der Waals surface area contributed by atoms with Gasteiger partial charge in [-0.2, -0.15) is 5.53 Å². The normalized spacial score (nSPS) is 21.8. The van der Waals surface area contributed by atoms with Gasteiger partial charge in [0.1, 0.15) is 6.04 Å². The van der Waals surface area contributed by atoms with E-state index in [4.69, 9.17) is 5.11 Å². The van der Waals surface area contributed by atoms with Crippen LogP contribution in [-0.2, 0) is 4.79 Å². The fourth-order valence-corrected chi connectivity index (χ4v) is 2.36. The van der Waals surface area contributed by atoms with Crippen LogP contribution in [0.2, 0.25) is 0 Å². The highest BCUT2D eigenvalue weighted by Gasteiger charge is 2.33. The summed E-state index contributed by atoms with van der Waals surface area (Å²) in [5, 5.41) is 9.14. The number of rotatable bonds is 3. The van der Waals surface area contributed by atoms with Crippen LogP contribution in [0.25, 0.3) is 11.1 Å². The molecule has 4 N–H and O–H groups in total. The Kier molecular flexibility index (Phi) is 3.47. The number of carboxylic acid groups (broad SMARTS) is 1. The Morgan fingerprint density at radius 3 is 2.20 bits per heavy atom. The van der Waals surface area contributed by atoms with Crippen molar-refractivity contribution in [3.05, 3.63) is 60.2 Å². The quantitative estimate of drug-likeness (QED) is 0.679. The first-order valence-electron chi connectivity index (χ1n) is 6.40. The van der Waals surface area contributed by atoms with Crippen LogP contribution in [0.5, 0.6) is 0 Å². The molecule has 2 unspecified atom stereocenters. The summed E-state index contributed by atoms with van der Waals surface area (Å²) in [6.45, 7) is 0. The first-order chi connectivity index (χ1) is 9.75. The van der Waals surface area contributed by atoms with Crippen molar-refractivity contribution in [2.24, 2.45) is 0 Å². The van der Waals surface area contributed by atoms with E-state index in [1.807, 2.05) is 54.6 Å². The summed E-state index contributed by atoms with van der Waals surface area (Å²) in [7, 11) is 0. The van der Waals surface area contributed by atoms with Gasteiger partial charge in [-0.1, -0.05) is 54.6 Å². The van der Waals surface area contributed by atoms with Crippen molar-refractivity contribution in [2.75, 3.05) is 0 Å². The Balaban J connectivity index is 1.85. The lowest BCUT2D eigenvalue weighted by molar-refractivity contribution is -0.139. The monoisotopic (exact) mass is 269 g/mol. The number of hydrazine groups is 2. The third kappa shape index (κ3) is 2.42. The molecule has 3 rings (SSSR count). The number of carboxylic acids is 1. The van der Waals surface area contributed by atoms with Gasteiger partial charge in [0.15, 0.2) is 0 Å². The molecule has 1 fully saturated rings. The predicted molar refractivity (Wildman–Crippen MR) is 75.4 cm³/mol. The third-order valence-corrected chi connectivity index (χ3v) is 3.43. The van der Waals surface area contributed by atoms with Crippen LogP contribution in [0.15, 0.2) is 54.6 Å². The van der Waals surface area contributed by atoms with Gasteiger partial charge in [0.2, 0.25) is 0 Å². The second kappa shape index (κ2) is 5.42. The summed E-state index contributed by atoms with van der Waals surface area (Å²) >= 11 is 0. The van der Waals surface area contributed by atoms with E-state index in [0.717, 1.165) is 16.7 Å². The van der Waals surface area contributed by atoms with Crippen LogP contribution in [0, 0.1) is 0 Å². The Morgan fingerprint density at radius 1 is 0.900 bits per heavy atom. The number of hydrogen-bond donors (Lipinski definition) is 4. The molecule has 0 radical (unpaired) electrons. The molecule has 1 saturated heterocycles. The molecule has 2 aromatic carbocycles. The Labute approximate surface area is 116 Å². The minimum Gasteiger partial charge on any atom is -0.480 e.